The second-order valence-electron chi connectivity index (χ2n) is 9.85. The molecular formula is C31H39N3O5S. The number of nitrogens with one attached hydrogen (secondary N) is 1. The summed E-state index contributed by atoms with van der Waals surface area (Å²) in [7, 11) is -4.11. The van der Waals surface area contributed by atoms with Gasteiger partial charge in [0.05, 0.1) is 17.2 Å². The van der Waals surface area contributed by atoms with Crippen molar-refractivity contribution < 1.29 is 22.7 Å². The maximum Gasteiger partial charge on any atom is 0.264 e. The van der Waals surface area contributed by atoms with Gasteiger partial charge in [0.15, 0.2) is 0 Å². The Morgan fingerprint density at radius 2 is 1.60 bits per heavy atom. The van der Waals surface area contributed by atoms with E-state index in [1.165, 1.54) is 17.0 Å². The first-order chi connectivity index (χ1) is 19.1. The highest BCUT2D eigenvalue weighted by Gasteiger charge is 2.33. The smallest absolute Gasteiger partial charge is 0.264 e. The molecule has 214 valence electrons. The van der Waals surface area contributed by atoms with Crippen LogP contribution in [0, 0.1) is 6.92 Å². The molecule has 0 heterocycles. The van der Waals surface area contributed by atoms with E-state index in [2.05, 4.69) is 5.32 Å². The van der Waals surface area contributed by atoms with E-state index in [0.29, 0.717) is 24.5 Å². The van der Waals surface area contributed by atoms with Gasteiger partial charge in [0.1, 0.15) is 18.3 Å². The van der Waals surface area contributed by atoms with Crippen LogP contribution in [0.4, 0.5) is 5.69 Å². The molecule has 0 aromatic heterocycles. The highest BCUT2D eigenvalue weighted by Crippen LogP contribution is 2.27. The van der Waals surface area contributed by atoms with Crippen LogP contribution in [0.5, 0.6) is 5.75 Å². The van der Waals surface area contributed by atoms with Crippen molar-refractivity contribution in [2.45, 2.75) is 64.6 Å². The molecule has 40 heavy (non-hydrogen) atoms. The highest BCUT2D eigenvalue weighted by molar-refractivity contribution is 7.92. The van der Waals surface area contributed by atoms with Crippen molar-refractivity contribution in [1.82, 2.24) is 10.2 Å². The lowest BCUT2D eigenvalue weighted by Crippen LogP contribution is -2.53. The summed E-state index contributed by atoms with van der Waals surface area (Å²) in [4.78, 5) is 28.8. The van der Waals surface area contributed by atoms with Gasteiger partial charge in [-0.25, -0.2) is 8.42 Å². The minimum Gasteiger partial charge on any atom is -0.494 e. The predicted octanol–water partition coefficient (Wildman–Crippen LogP) is 4.92. The fraction of sp³-hybridized carbons (Fsp3) is 0.355. The molecule has 0 saturated carbocycles. The Morgan fingerprint density at radius 3 is 2.17 bits per heavy atom. The van der Waals surface area contributed by atoms with Crippen molar-refractivity contribution in [3.8, 4) is 5.75 Å². The van der Waals surface area contributed by atoms with Crippen molar-refractivity contribution >= 4 is 27.5 Å². The summed E-state index contributed by atoms with van der Waals surface area (Å²) in [6.45, 7) is 9.52. The molecule has 0 bridgehead atoms. The Labute approximate surface area is 238 Å². The van der Waals surface area contributed by atoms with E-state index < -0.39 is 28.5 Å². The molecule has 0 saturated heterocycles. The van der Waals surface area contributed by atoms with E-state index in [1.54, 1.807) is 42.5 Å². The summed E-state index contributed by atoms with van der Waals surface area (Å²) in [6.07, 6.45) is 0.366. The molecule has 0 aliphatic heterocycles. The third-order valence-corrected chi connectivity index (χ3v) is 8.09. The fourth-order valence-corrected chi connectivity index (χ4v) is 5.87. The molecule has 8 nitrogen and oxygen atoms in total. The number of sulfonamides is 1. The van der Waals surface area contributed by atoms with Crippen LogP contribution in [0.1, 0.15) is 45.2 Å². The Balaban J connectivity index is 2.05. The first kappa shape index (κ1) is 30.7. The summed E-state index contributed by atoms with van der Waals surface area (Å²) < 4.78 is 34.4. The van der Waals surface area contributed by atoms with E-state index in [9.17, 15) is 18.0 Å². The molecule has 1 N–H and O–H groups in total. The first-order valence-corrected chi connectivity index (χ1v) is 15.0. The average molecular weight is 566 g/mol. The monoisotopic (exact) mass is 565 g/mol. The van der Waals surface area contributed by atoms with Crippen molar-refractivity contribution in [3.63, 3.8) is 0 Å². The molecule has 0 fully saturated rings. The number of amides is 2. The van der Waals surface area contributed by atoms with Gasteiger partial charge in [0.25, 0.3) is 10.0 Å². The molecule has 3 aromatic carbocycles. The Hall–Kier alpha value is -3.85. The van der Waals surface area contributed by atoms with Gasteiger partial charge in [-0.1, -0.05) is 55.0 Å². The predicted molar refractivity (Wildman–Crippen MR) is 158 cm³/mol. The summed E-state index contributed by atoms with van der Waals surface area (Å²) in [5.74, 6) is -0.176. The van der Waals surface area contributed by atoms with E-state index in [4.69, 9.17) is 4.74 Å². The number of carbonyl (C=O) groups excluding carboxylic acids is 2. The lowest BCUT2D eigenvalue weighted by molar-refractivity contribution is -0.140. The zero-order valence-electron chi connectivity index (χ0n) is 23.8. The van der Waals surface area contributed by atoms with Gasteiger partial charge >= 0.3 is 0 Å². The summed E-state index contributed by atoms with van der Waals surface area (Å²) in [5.41, 5.74) is 2.19. The highest BCUT2D eigenvalue weighted by atomic mass is 32.2. The average Bonchev–Trinajstić information content (AvgIpc) is 2.92. The largest absolute Gasteiger partial charge is 0.494 e. The SMILES string of the molecule is CCOc1ccc(N(CC(=O)N(Cc2cccc(C)c2)[C@@H](CC)C(=O)NC(C)C)S(=O)(=O)c2ccccc2)cc1. The topological polar surface area (TPSA) is 96.0 Å². The van der Waals surface area contributed by atoms with Crippen molar-refractivity contribution in [2.75, 3.05) is 17.5 Å². The maximum atomic E-state index is 14.1. The van der Waals surface area contributed by atoms with E-state index >= 15 is 0 Å². The zero-order valence-corrected chi connectivity index (χ0v) is 24.6. The molecule has 1 atom stereocenters. The van der Waals surface area contributed by atoms with Crippen LogP contribution in [0.25, 0.3) is 0 Å². The number of carbonyl (C=O) groups is 2. The van der Waals surface area contributed by atoms with Gasteiger partial charge in [-0.2, -0.15) is 0 Å². The number of hydrogen-bond donors (Lipinski definition) is 1. The quantitative estimate of drug-likeness (QED) is 0.317. The van der Waals surface area contributed by atoms with Gasteiger partial charge in [0, 0.05) is 12.6 Å². The molecule has 0 unspecified atom stereocenters. The Kier molecular flexibility index (Phi) is 10.7. The number of ether oxygens (including phenoxy) is 1. The zero-order chi connectivity index (χ0) is 29.3. The summed E-state index contributed by atoms with van der Waals surface area (Å²) in [6, 6.07) is 21.4. The normalized spacial score (nSPS) is 12.1. The number of nitrogens with zero attached hydrogens (tertiary/aromatic N) is 2. The minimum absolute atomic E-state index is 0.0616. The lowest BCUT2D eigenvalue weighted by atomic mass is 10.1. The maximum absolute atomic E-state index is 14.1. The van der Waals surface area contributed by atoms with Crippen molar-refractivity contribution in [1.29, 1.82) is 0 Å². The number of benzene rings is 3. The Morgan fingerprint density at radius 1 is 0.925 bits per heavy atom. The molecule has 0 spiro atoms. The van der Waals surface area contributed by atoms with E-state index in [0.717, 1.165) is 15.4 Å². The van der Waals surface area contributed by atoms with Crippen LogP contribution >= 0.6 is 0 Å². The fourth-order valence-electron chi connectivity index (χ4n) is 4.43. The summed E-state index contributed by atoms with van der Waals surface area (Å²) in [5, 5.41) is 2.91. The summed E-state index contributed by atoms with van der Waals surface area (Å²) >= 11 is 0. The van der Waals surface area contributed by atoms with Crippen molar-refractivity contribution in [2.24, 2.45) is 0 Å². The Bertz CT molecular complexity index is 1380. The molecule has 0 radical (unpaired) electrons. The number of rotatable bonds is 13. The first-order valence-electron chi connectivity index (χ1n) is 13.5. The number of anilines is 1. The van der Waals surface area contributed by atoms with E-state index in [1.807, 2.05) is 58.9 Å². The molecular weight excluding hydrogens is 526 g/mol. The number of aryl methyl sites for hydroxylation is 1. The van der Waals surface area contributed by atoms with Crippen molar-refractivity contribution in [3.05, 3.63) is 90.0 Å². The van der Waals surface area contributed by atoms with Crippen LogP contribution in [0.15, 0.2) is 83.8 Å². The molecule has 2 amide bonds. The van der Waals surface area contributed by atoms with Crippen LogP contribution in [0.3, 0.4) is 0 Å². The van der Waals surface area contributed by atoms with Gasteiger partial charge < -0.3 is 15.0 Å². The minimum atomic E-state index is -4.11. The molecule has 3 aromatic rings. The van der Waals surface area contributed by atoms with Gasteiger partial charge in [-0.05, 0) is 76.1 Å². The van der Waals surface area contributed by atoms with Gasteiger partial charge in [0.2, 0.25) is 11.8 Å². The molecule has 3 rings (SSSR count). The van der Waals surface area contributed by atoms with E-state index in [-0.39, 0.29) is 23.4 Å². The third-order valence-electron chi connectivity index (χ3n) is 6.30. The van der Waals surface area contributed by atoms with Crippen LogP contribution in [0.2, 0.25) is 0 Å². The number of hydrogen-bond acceptors (Lipinski definition) is 5. The second-order valence-corrected chi connectivity index (χ2v) is 11.7. The van der Waals surface area contributed by atoms with Crippen LogP contribution in [-0.2, 0) is 26.2 Å². The van der Waals surface area contributed by atoms with Crippen LogP contribution in [-0.4, -0.2) is 50.4 Å². The standard InChI is InChI=1S/C31H39N3O5S/c1-6-29(31(36)32-23(3)4)33(21-25-13-11-12-24(5)20-25)30(35)22-34(26-16-18-27(19-17-26)39-7-2)40(37,38)28-14-9-8-10-15-28/h8-20,23,29H,6-7,21-22H2,1-5H3,(H,32,36)/t29-/m0/s1. The van der Waals surface area contributed by atoms with Gasteiger partial charge in [-0.3, -0.25) is 13.9 Å². The molecule has 0 aliphatic rings. The molecule has 0 aliphatic carbocycles. The lowest BCUT2D eigenvalue weighted by Gasteiger charge is -2.33. The van der Waals surface area contributed by atoms with Crippen LogP contribution < -0.4 is 14.4 Å². The second kappa shape index (κ2) is 14.0. The van der Waals surface area contributed by atoms with Gasteiger partial charge in [-0.15, -0.1) is 0 Å². The third kappa shape index (κ3) is 7.85. The molecule has 9 heteroatoms.